The molecule has 0 radical (unpaired) electrons. The Labute approximate surface area is 361 Å². The Kier molecular flexibility index (Phi) is 18.2. The van der Waals surface area contributed by atoms with E-state index in [1.165, 1.54) is 14.0 Å². The second kappa shape index (κ2) is 21.2. The van der Waals surface area contributed by atoms with E-state index in [0.717, 1.165) is 0 Å². The number of cyclic esters (lactones) is 1. The molecule has 61 heavy (non-hydrogen) atoms. The van der Waals surface area contributed by atoms with Crippen LogP contribution in [0.5, 0.6) is 0 Å². The predicted octanol–water partition coefficient (Wildman–Crippen LogP) is 0.495. The average Bonchev–Trinajstić information content (AvgIpc) is 3.21. The number of likely N-dealkylation sites (N-methyl/N-ethyl adjacent to an activating group) is 1. The van der Waals surface area contributed by atoms with Gasteiger partial charge >= 0.3 is 5.97 Å². The van der Waals surface area contributed by atoms with E-state index in [2.05, 4.69) is 0 Å². The van der Waals surface area contributed by atoms with Crippen molar-refractivity contribution in [2.45, 2.75) is 204 Å². The Morgan fingerprint density at radius 2 is 1.39 bits per heavy atom. The second-order valence-electron chi connectivity index (χ2n) is 19.0. The molecular weight excluding hydrogens is 802 g/mol. The third-order valence-corrected chi connectivity index (χ3v) is 13.9. The molecule has 7 N–H and O–H groups in total. The SMILES string of the molecule is CCC1OC(=O)[C@H](C)C(O[C@H]2C[C@@](C)(OC)[C@@H](O)[C@H](C)O2)[C@H](C)[C@@H](O[C@@H]2O[C@H](C)C[C@H](N(C)C)[C@H]2O[C@@H]2O[C@H](CO)[C@@H](O)[C@H](O)[C@H]2O)[C@](C)(O)C[C@@H](C)C(=O)[C@H](C)[C@@H](O)[C@H]1C. The van der Waals surface area contributed by atoms with E-state index >= 15 is 0 Å². The van der Waals surface area contributed by atoms with Crippen LogP contribution in [0.2, 0.25) is 0 Å². The summed E-state index contributed by atoms with van der Waals surface area (Å²) in [6.07, 6.45) is -17.3. The summed E-state index contributed by atoms with van der Waals surface area (Å²) < 4.78 is 50.3. The molecule has 0 amide bonds. The van der Waals surface area contributed by atoms with Crippen LogP contribution in [0.25, 0.3) is 0 Å². The van der Waals surface area contributed by atoms with E-state index in [9.17, 15) is 45.3 Å². The molecule has 356 valence electrons. The highest BCUT2D eigenvalue weighted by atomic mass is 16.8. The summed E-state index contributed by atoms with van der Waals surface area (Å²) in [4.78, 5) is 30.2. The van der Waals surface area contributed by atoms with Gasteiger partial charge in [-0.2, -0.15) is 0 Å². The number of Topliss-reactive ketones (excluding diaryl/α,β-unsaturated/α-hetero) is 1. The van der Waals surface area contributed by atoms with Crippen LogP contribution in [0.4, 0.5) is 0 Å². The lowest BCUT2D eigenvalue weighted by molar-refractivity contribution is -0.362. The van der Waals surface area contributed by atoms with Crippen LogP contribution in [-0.4, -0.2) is 190 Å². The fraction of sp³-hybridized carbons (Fsp3) is 0.953. The van der Waals surface area contributed by atoms with Gasteiger partial charge < -0.3 is 78.5 Å². The number of ether oxygens (including phenoxy) is 8. The van der Waals surface area contributed by atoms with Crippen molar-refractivity contribution < 1.29 is 83.2 Å². The van der Waals surface area contributed by atoms with Crippen LogP contribution < -0.4 is 0 Å². The molecule has 18 heteroatoms. The number of aliphatic hydroxyl groups excluding tert-OH is 6. The first-order valence-corrected chi connectivity index (χ1v) is 22.0. The zero-order chi connectivity index (χ0) is 46.0. The molecule has 0 bridgehead atoms. The van der Waals surface area contributed by atoms with Gasteiger partial charge in [0.15, 0.2) is 18.9 Å². The number of aliphatic hydroxyl groups is 7. The predicted molar refractivity (Wildman–Crippen MR) is 217 cm³/mol. The third kappa shape index (κ3) is 11.5. The van der Waals surface area contributed by atoms with Crippen LogP contribution in [0.1, 0.15) is 94.9 Å². The second-order valence-corrected chi connectivity index (χ2v) is 19.0. The van der Waals surface area contributed by atoms with Crippen LogP contribution in [0, 0.1) is 29.6 Å². The lowest BCUT2D eigenvalue weighted by atomic mass is 9.74. The average molecular weight is 880 g/mol. The number of nitrogens with zero attached hydrogens (tertiary/aromatic N) is 1. The first kappa shape index (κ1) is 52.2. The van der Waals surface area contributed by atoms with Crippen molar-refractivity contribution in [2.75, 3.05) is 27.8 Å². The number of hydrogen-bond acceptors (Lipinski definition) is 18. The summed E-state index contributed by atoms with van der Waals surface area (Å²) in [5.41, 5.74) is -2.97. The molecule has 0 aliphatic carbocycles. The number of ketones is 1. The van der Waals surface area contributed by atoms with E-state index < -0.39 is 152 Å². The van der Waals surface area contributed by atoms with Crippen molar-refractivity contribution in [3.05, 3.63) is 0 Å². The summed E-state index contributed by atoms with van der Waals surface area (Å²) in [5, 5.41) is 77.3. The number of carbonyl (C=O) groups is 2. The van der Waals surface area contributed by atoms with E-state index in [1.807, 2.05) is 32.8 Å². The van der Waals surface area contributed by atoms with Gasteiger partial charge in [-0.3, -0.25) is 9.59 Å². The number of rotatable bonds is 10. The topological polar surface area (TPSA) is 253 Å². The molecule has 18 nitrogen and oxygen atoms in total. The van der Waals surface area contributed by atoms with Gasteiger partial charge in [-0.1, -0.05) is 34.6 Å². The minimum atomic E-state index is -1.88. The molecule has 0 spiro atoms. The van der Waals surface area contributed by atoms with Crippen molar-refractivity contribution in [1.82, 2.24) is 4.90 Å². The quantitative estimate of drug-likeness (QED) is 0.148. The first-order chi connectivity index (χ1) is 28.3. The highest BCUT2D eigenvalue weighted by Crippen LogP contribution is 2.41. The third-order valence-electron chi connectivity index (χ3n) is 13.9. The zero-order valence-electron chi connectivity index (χ0n) is 38.3. The Balaban J connectivity index is 1.86. The summed E-state index contributed by atoms with van der Waals surface area (Å²) in [5.74, 6) is -5.25. The summed E-state index contributed by atoms with van der Waals surface area (Å²) in [7, 11) is 5.09. The van der Waals surface area contributed by atoms with E-state index in [4.69, 9.17) is 37.9 Å². The Morgan fingerprint density at radius 3 is 1.97 bits per heavy atom. The van der Waals surface area contributed by atoms with Gasteiger partial charge in [-0.05, 0) is 68.0 Å². The minimum Gasteiger partial charge on any atom is -0.462 e. The van der Waals surface area contributed by atoms with Gasteiger partial charge in [0.05, 0.1) is 54.2 Å². The minimum absolute atomic E-state index is 0.0644. The highest BCUT2D eigenvalue weighted by molar-refractivity contribution is 5.83. The molecular formula is C43H77NO17. The molecule has 0 aromatic carbocycles. The maximum Gasteiger partial charge on any atom is 0.311 e. The fourth-order valence-electron chi connectivity index (χ4n) is 9.82. The van der Waals surface area contributed by atoms with Gasteiger partial charge in [0.25, 0.3) is 0 Å². The standard InChI is InChI=1S/C43H77NO17/c1-14-27-21(4)31(47)22(5)30(46)19(2)16-42(9,53)38(23(6)35(24(7)39(52)57-27)59-29-17-43(10,54-13)37(51)25(8)56-29)61-41-36(26(44(11)12)15-20(3)55-41)60-40-34(50)33(49)32(48)28(18-45)58-40/h19-29,31-38,40-41,45,47-51,53H,14-18H2,1-13H3/t19-,20-,21+,22+,23+,24-,25+,26+,27?,28-,29+,31+,32-,33+,34-,35?,36-,37+,38-,40+,41+,42-,43-/m1/s1. The molecule has 2 unspecified atom stereocenters. The van der Waals surface area contributed by atoms with Crippen LogP contribution in [0.15, 0.2) is 0 Å². The summed E-state index contributed by atoms with van der Waals surface area (Å²) >= 11 is 0. The maximum absolute atomic E-state index is 14.3. The maximum atomic E-state index is 14.3. The number of esters is 1. The molecule has 4 aliphatic heterocycles. The van der Waals surface area contributed by atoms with Crippen molar-refractivity contribution in [1.29, 1.82) is 0 Å². The van der Waals surface area contributed by atoms with Crippen LogP contribution in [-0.2, 0) is 47.5 Å². The normalized spacial score (nSPS) is 50.0. The van der Waals surface area contributed by atoms with Gasteiger partial charge in [0.2, 0.25) is 0 Å². The van der Waals surface area contributed by atoms with Gasteiger partial charge in [0, 0.05) is 43.2 Å². The molecule has 4 rings (SSSR count). The van der Waals surface area contributed by atoms with Gasteiger partial charge in [-0.15, -0.1) is 0 Å². The molecule has 0 aromatic rings. The van der Waals surface area contributed by atoms with Crippen LogP contribution in [0.3, 0.4) is 0 Å². The number of hydrogen-bond donors (Lipinski definition) is 7. The monoisotopic (exact) mass is 880 g/mol. The summed E-state index contributed by atoms with van der Waals surface area (Å²) in [6, 6.07) is -0.480. The lowest BCUT2D eigenvalue weighted by Gasteiger charge is -2.50. The van der Waals surface area contributed by atoms with Crippen LogP contribution >= 0.6 is 0 Å². The zero-order valence-corrected chi connectivity index (χ0v) is 38.3. The number of carbonyl (C=O) groups excluding carboxylic acids is 2. The molecule has 4 saturated heterocycles. The molecule has 4 aliphatic rings. The molecule has 4 heterocycles. The van der Waals surface area contributed by atoms with Gasteiger partial charge in [-0.25, -0.2) is 0 Å². The lowest BCUT2D eigenvalue weighted by Crippen LogP contribution is -2.64. The van der Waals surface area contributed by atoms with E-state index in [1.54, 1.807) is 48.5 Å². The fourth-order valence-corrected chi connectivity index (χ4v) is 9.82. The number of methoxy groups -OCH3 is 1. The largest absolute Gasteiger partial charge is 0.462 e. The summed E-state index contributed by atoms with van der Waals surface area (Å²) in [6.45, 7) is 16.3. The highest BCUT2D eigenvalue weighted by Gasteiger charge is 2.54. The van der Waals surface area contributed by atoms with E-state index in [0.29, 0.717) is 12.8 Å². The Bertz CT molecular complexity index is 1420. The van der Waals surface area contributed by atoms with E-state index in [-0.39, 0.29) is 18.6 Å². The van der Waals surface area contributed by atoms with Crippen molar-refractivity contribution >= 4 is 11.8 Å². The van der Waals surface area contributed by atoms with Crippen molar-refractivity contribution in [3.8, 4) is 0 Å². The molecule has 0 saturated carbocycles. The van der Waals surface area contributed by atoms with Crippen molar-refractivity contribution in [3.63, 3.8) is 0 Å². The first-order valence-electron chi connectivity index (χ1n) is 22.0. The van der Waals surface area contributed by atoms with Gasteiger partial charge in [0.1, 0.15) is 48.5 Å². The molecule has 23 atom stereocenters. The molecule has 0 aromatic heterocycles. The Morgan fingerprint density at radius 1 is 0.754 bits per heavy atom. The molecule has 4 fully saturated rings. The Hall–Kier alpha value is -1.46. The smallest absolute Gasteiger partial charge is 0.311 e. The van der Waals surface area contributed by atoms with Crippen molar-refractivity contribution in [2.24, 2.45) is 29.6 Å².